The van der Waals surface area contributed by atoms with E-state index in [0.717, 1.165) is 0 Å². The molecule has 0 radical (unpaired) electrons. The minimum absolute atomic E-state index is 0. The van der Waals surface area contributed by atoms with E-state index in [0.29, 0.717) is 0 Å². The van der Waals surface area contributed by atoms with Gasteiger partial charge in [-0.15, -0.1) is 18.3 Å². The standard InChI is InChI=1S/C6H12OS.Li/c1-5(7)8-6(2,3)4;/h7H,1H2,2-4H3;/q;+1/p-1. The Morgan fingerprint density at radius 2 is 1.78 bits per heavy atom. The Hall–Kier alpha value is 0.487. The third kappa shape index (κ3) is 11.9. The van der Waals surface area contributed by atoms with Crippen LogP contribution in [0.15, 0.2) is 11.7 Å². The van der Waals surface area contributed by atoms with Crippen molar-refractivity contribution < 1.29 is 24.0 Å². The molecule has 0 aliphatic carbocycles. The summed E-state index contributed by atoms with van der Waals surface area (Å²) in [6, 6.07) is 0. The Kier molecular flexibility index (Phi) is 5.86. The van der Waals surface area contributed by atoms with Crippen LogP contribution in [0.1, 0.15) is 20.8 Å². The molecule has 1 nitrogen and oxygen atoms in total. The van der Waals surface area contributed by atoms with E-state index in [4.69, 9.17) is 0 Å². The molecule has 0 rings (SSSR count). The van der Waals surface area contributed by atoms with Crippen LogP contribution in [0.25, 0.3) is 0 Å². The summed E-state index contributed by atoms with van der Waals surface area (Å²) in [6.45, 7) is 9.21. The van der Waals surface area contributed by atoms with Crippen LogP contribution in [0.4, 0.5) is 0 Å². The molecule has 0 saturated carbocycles. The molecule has 0 unspecified atom stereocenters. The van der Waals surface area contributed by atoms with E-state index in [2.05, 4.69) is 6.58 Å². The van der Waals surface area contributed by atoms with Gasteiger partial charge in [0.2, 0.25) is 0 Å². The van der Waals surface area contributed by atoms with Gasteiger partial charge < -0.3 is 5.11 Å². The summed E-state index contributed by atoms with van der Waals surface area (Å²) in [5.41, 5.74) is 0. The summed E-state index contributed by atoms with van der Waals surface area (Å²) < 4.78 is 0.0266. The first-order valence-corrected chi connectivity index (χ1v) is 3.28. The van der Waals surface area contributed by atoms with Crippen molar-refractivity contribution in [3.63, 3.8) is 0 Å². The zero-order valence-electron chi connectivity index (χ0n) is 6.52. The smallest absolute Gasteiger partial charge is 0.868 e. The molecule has 0 bridgehead atoms. The SMILES string of the molecule is C=C([O-])SC(C)(C)C.[Li+]. The predicted octanol–water partition coefficient (Wildman–Crippen LogP) is -1.65. The van der Waals surface area contributed by atoms with Crippen LogP contribution < -0.4 is 24.0 Å². The third-order valence-corrected chi connectivity index (χ3v) is 1.26. The van der Waals surface area contributed by atoms with Gasteiger partial charge in [0.25, 0.3) is 0 Å². The maximum absolute atomic E-state index is 10.3. The van der Waals surface area contributed by atoms with Crippen LogP contribution in [0.3, 0.4) is 0 Å². The van der Waals surface area contributed by atoms with Gasteiger partial charge in [-0.2, -0.15) is 0 Å². The molecular weight excluding hydrogens is 127 g/mol. The molecule has 0 aromatic heterocycles. The van der Waals surface area contributed by atoms with Crippen LogP contribution in [0.2, 0.25) is 0 Å². The molecule has 0 saturated heterocycles. The van der Waals surface area contributed by atoms with Crippen LogP contribution in [-0.2, 0) is 0 Å². The number of hydrogen-bond donors (Lipinski definition) is 0. The third-order valence-electron chi connectivity index (χ3n) is 0.420. The molecule has 3 heteroatoms. The first-order chi connectivity index (χ1) is 3.42. The minimum Gasteiger partial charge on any atom is -0.868 e. The Morgan fingerprint density at radius 1 is 1.44 bits per heavy atom. The molecule has 0 aromatic rings. The van der Waals surface area contributed by atoms with Gasteiger partial charge in [0, 0.05) is 4.75 Å². The Balaban J connectivity index is 0. The van der Waals surface area contributed by atoms with Crippen LogP contribution >= 0.6 is 11.8 Å². The molecule has 48 valence electrons. The van der Waals surface area contributed by atoms with E-state index >= 15 is 0 Å². The second-order valence-corrected chi connectivity index (χ2v) is 4.47. The largest absolute Gasteiger partial charge is 1.00 e. The van der Waals surface area contributed by atoms with E-state index in [1.807, 2.05) is 20.8 Å². The first-order valence-electron chi connectivity index (χ1n) is 2.47. The zero-order chi connectivity index (χ0) is 6.78. The summed E-state index contributed by atoms with van der Waals surface area (Å²) in [5.74, 6) is 0. The van der Waals surface area contributed by atoms with Gasteiger partial charge >= 0.3 is 18.9 Å². The second-order valence-electron chi connectivity index (χ2n) is 2.59. The fourth-order valence-corrected chi connectivity index (χ4v) is 1.02. The van der Waals surface area contributed by atoms with Crippen LogP contribution in [0.5, 0.6) is 0 Å². The van der Waals surface area contributed by atoms with Crippen molar-refractivity contribution in [1.82, 2.24) is 0 Å². The summed E-state index contributed by atoms with van der Waals surface area (Å²) in [7, 11) is 0. The van der Waals surface area contributed by atoms with Gasteiger partial charge in [0.1, 0.15) is 0 Å². The van der Waals surface area contributed by atoms with Gasteiger partial charge in [-0.1, -0.05) is 25.9 Å². The molecular formula is C6H11LiOS. The fraction of sp³-hybridized carbons (Fsp3) is 0.667. The second kappa shape index (κ2) is 4.33. The van der Waals surface area contributed by atoms with E-state index in [9.17, 15) is 5.11 Å². The molecule has 0 heterocycles. The average molecular weight is 138 g/mol. The van der Waals surface area contributed by atoms with Gasteiger partial charge in [-0.05, 0) is 0 Å². The molecule has 0 aliphatic heterocycles. The van der Waals surface area contributed by atoms with E-state index in [1.54, 1.807) is 0 Å². The normalized spacial score (nSPS) is 10.1. The number of hydrogen-bond acceptors (Lipinski definition) is 2. The molecule has 0 fully saturated rings. The monoisotopic (exact) mass is 138 g/mol. The Morgan fingerprint density at radius 3 is 1.78 bits per heavy atom. The molecule has 0 aromatic carbocycles. The van der Waals surface area contributed by atoms with E-state index in [1.165, 1.54) is 11.8 Å². The van der Waals surface area contributed by atoms with Crippen molar-refractivity contribution in [3.8, 4) is 0 Å². The van der Waals surface area contributed by atoms with Gasteiger partial charge in [-0.3, -0.25) is 0 Å². The van der Waals surface area contributed by atoms with Crippen LogP contribution in [-0.4, -0.2) is 4.75 Å². The molecule has 0 spiro atoms. The Bertz CT molecular complexity index is 95.7. The first kappa shape index (κ1) is 12.2. The van der Waals surface area contributed by atoms with Crippen molar-refractivity contribution in [2.24, 2.45) is 0 Å². The summed E-state index contributed by atoms with van der Waals surface area (Å²) in [4.78, 5) is 0. The Labute approximate surface area is 73.1 Å². The van der Waals surface area contributed by atoms with Crippen molar-refractivity contribution in [2.45, 2.75) is 25.5 Å². The van der Waals surface area contributed by atoms with Gasteiger partial charge in [0.05, 0.1) is 0 Å². The van der Waals surface area contributed by atoms with E-state index in [-0.39, 0.29) is 28.7 Å². The number of rotatable bonds is 1. The van der Waals surface area contributed by atoms with Gasteiger partial charge in [-0.25, -0.2) is 0 Å². The summed E-state index contributed by atoms with van der Waals surface area (Å²) in [6.07, 6.45) is 0. The summed E-state index contributed by atoms with van der Waals surface area (Å²) >= 11 is 1.26. The zero-order valence-corrected chi connectivity index (χ0v) is 7.34. The average Bonchev–Trinajstić information content (AvgIpc) is 1.21. The topological polar surface area (TPSA) is 23.1 Å². The van der Waals surface area contributed by atoms with Crippen molar-refractivity contribution in [3.05, 3.63) is 11.7 Å². The predicted molar refractivity (Wildman–Crippen MR) is 36.5 cm³/mol. The fourth-order valence-electron chi connectivity index (χ4n) is 0.342. The van der Waals surface area contributed by atoms with E-state index < -0.39 is 0 Å². The number of thioether (sulfide) groups is 1. The quantitative estimate of drug-likeness (QED) is 0.320. The molecule has 0 N–H and O–H groups in total. The maximum atomic E-state index is 10.3. The molecule has 9 heavy (non-hydrogen) atoms. The van der Waals surface area contributed by atoms with Crippen LogP contribution in [0, 0.1) is 0 Å². The summed E-state index contributed by atoms with van der Waals surface area (Å²) in [5, 5.41) is 10.3. The minimum atomic E-state index is -0.0579. The maximum Gasteiger partial charge on any atom is 1.00 e. The molecule has 0 atom stereocenters. The van der Waals surface area contributed by atoms with Crippen molar-refractivity contribution in [2.75, 3.05) is 0 Å². The molecule has 0 aliphatic rings. The van der Waals surface area contributed by atoms with Crippen molar-refractivity contribution in [1.29, 1.82) is 0 Å². The van der Waals surface area contributed by atoms with Crippen molar-refractivity contribution >= 4 is 11.8 Å². The molecule has 0 amide bonds. The van der Waals surface area contributed by atoms with Gasteiger partial charge in [0.15, 0.2) is 0 Å².